The molecule has 1 aromatic carbocycles. The molecule has 1 aromatic heterocycles. The number of aromatic nitrogens is 2. The Morgan fingerprint density at radius 3 is 2.53 bits per heavy atom. The molecule has 2 aromatic rings. The van der Waals surface area contributed by atoms with Crippen LogP contribution in [0.5, 0.6) is 0 Å². The van der Waals surface area contributed by atoms with Gasteiger partial charge in [0, 0.05) is 15.7 Å². The highest BCUT2D eigenvalue weighted by Gasteiger charge is 2.18. The Hall–Kier alpha value is -0.750. The lowest BCUT2D eigenvalue weighted by molar-refractivity contribution is 0.600. The number of hydrogen-bond acceptors (Lipinski definition) is 3. The first-order valence-electron chi connectivity index (χ1n) is 4.34. The number of benzene rings is 1. The maximum atomic E-state index is 11.3. The SMILES string of the molecule is O=S(=O)(Cl)c1ccnn1-c1cc(Cl)ccc1Cl. The minimum atomic E-state index is -3.90. The molecule has 0 bridgehead atoms. The van der Waals surface area contributed by atoms with Crippen LogP contribution in [-0.4, -0.2) is 18.2 Å². The fraction of sp³-hybridized carbons (Fsp3) is 0. The van der Waals surface area contributed by atoms with Crippen molar-refractivity contribution in [3.8, 4) is 5.69 Å². The van der Waals surface area contributed by atoms with Gasteiger partial charge in [-0.1, -0.05) is 23.2 Å². The van der Waals surface area contributed by atoms with Gasteiger partial charge in [0.2, 0.25) is 0 Å². The predicted molar refractivity (Wildman–Crippen MR) is 66.6 cm³/mol. The lowest BCUT2D eigenvalue weighted by Crippen LogP contribution is -2.05. The molecule has 0 saturated carbocycles. The molecule has 4 nitrogen and oxygen atoms in total. The van der Waals surface area contributed by atoms with Crippen LogP contribution in [0.15, 0.2) is 35.5 Å². The van der Waals surface area contributed by atoms with Crippen molar-refractivity contribution in [3.05, 3.63) is 40.5 Å². The lowest BCUT2D eigenvalue weighted by atomic mass is 10.3. The van der Waals surface area contributed by atoms with Crippen LogP contribution in [0.25, 0.3) is 5.69 Å². The minimum absolute atomic E-state index is 0.164. The Balaban J connectivity index is 2.70. The highest BCUT2D eigenvalue weighted by molar-refractivity contribution is 8.13. The first-order valence-corrected chi connectivity index (χ1v) is 7.40. The van der Waals surface area contributed by atoms with E-state index in [1.807, 2.05) is 0 Å². The predicted octanol–water partition coefficient (Wildman–Crippen LogP) is 3.11. The van der Waals surface area contributed by atoms with Crippen molar-refractivity contribution in [1.29, 1.82) is 0 Å². The van der Waals surface area contributed by atoms with Gasteiger partial charge < -0.3 is 0 Å². The number of halogens is 3. The number of hydrogen-bond donors (Lipinski definition) is 0. The van der Waals surface area contributed by atoms with Gasteiger partial charge in [-0.2, -0.15) is 5.10 Å². The Bertz CT molecular complexity index is 667. The van der Waals surface area contributed by atoms with E-state index in [1.54, 1.807) is 12.1 Å². The highest BCUT2D eigenvalue weighted by atomic mass is 35.7. The van der Waals surface area contributed by atoms with E-state index in [4.69, 9.17) is 33.9 Å². The van der Waals surface area contributed by atoms with Crippen LogP contribution in [0, 0.1) is 0 Å². The van der Waals surface area contributed by atoms with Gasteiger partial charge in [0.15, 0.2) is 5.03 Å². The molecule has 0 aliphatic carbocycles. The van der Waals surface area contributed by atoms with Crippen molar-refractivity contribution in [1.82, 2.24) is 9.78 Å². The smallest absolute Gasteiger partial charge is 0.219 e. The fourth-order valence-corrected chi connectivity index (χ4v) is 2.59. The first kappa shape index (κ1) is 12.7. The highest BCUT2D eigenvalue weighted by Crippen LogP contribution is 2.27. The summed E-state index contributed by atoms with van der Waals surface area (Å²) in [7, 11) is 1.39. The van der Waals surface area contributed by atoms with Crippen molar-refractivity contribution in [2.75, 3.05) is 0 Å². The molecule has 1 heterocycles. The maximum absolute atomic E-state index is 11.3. The van der Waals surface area contributed by atoms with Gasteiger partial charge in [-0.25, -0.2) is 13.1 Å². The largest absolute Gasteiger partial charge is 0.278 e. The second kappa shape index (κ2) is 4.49. The molecule has 0 atom stereocenters. The number of nitrogens with zero attached hydrogens (tertiary/aromatic N) is 2. The Kier molecular flexibility index (Phi) is 3.36. The van der Waals surface area contributed by atoms with Gasteiger partial charge in [-0.3, -0.25) is 0 Å². The van der Waals surface area contributed by atoms with E-state index < -0.39 is 9.05 Å². The molecule has 0 spiro atoms. The normalized spacial score (nSPS) is 11.7. The molecule has 0 saturated heterocycles. The van der Waals surface area contributed by atoms with Gasteiger partial charge >= 0.3 is 0 Å². The molecular formula is C9H5Cl3N2O2S. The van der Waals surface area contributed by atoms with Crippen molar-refractivity contribution in [2.24, 2.45) is 0 Å². The van der Waals surface area contributed by atoms with Crippen LogP contribution < -0.4 is 0 Å². The van der Waals surface area contributed by atoms with Gasteiger partial charge in [0.25, 0.3) is 9.05 Å². The van der Waals surface area contributed by atoms with Crippen LogP contribution in [-0.2, 0) is 9.05 Å². The zero-order valence-corrected chi connectivity index (χ0v) is 11.2. The first-order chi connectivity index (χ1) is 7.89. The van der Waals surface area contributed by atoms with Gasteiger partial charge in [0.05, 0.1) is 16.9 Å². The molecule has 2 rings (SSSR count). The van der Waals surface area contributed by atoms with E-state index in [-0.39, 0.29) is 5.03 Å². The molecule has 0 N–H and O–H groups in total. The van der Waals surface area contributed by atoms with E-state index in [9.17, 15) is 8.42 Å². The van der Waals surface area contributed by atoms with Crippen LogP contribution >= 0.6 is 33.9 Å². The molecule has 0 unspecified atom stereocenters. The van der Waals surface area contributed by atoms with Gasteiger partial charge in [0.1, 0.15) is 0 Å². The van der Waals surface area contributed by atoms with E-state index in [2.05, 4.69) is 5.10 Å². The average Bonchev–Trinajstić information content (AvgIpc) is 2.69. The average molecular weight is 312 g/mol. The van der Waals surface area contributed by atoms with Crippen LogP contribution in [0.3, 0.4) is 0 Å². The molecule has 90 valence electrons. The summed E-state index contributed by atoms with van der Waals surface area (Å²) >= 11 is 11.8. The molecule has 8 heteroatoms. The zero-order valence-electron chi connectivity index (χ0n) is 8.14. The second-order valence-electron chi connectivity index (χ2n) is 3.11. The summed E-state index contributed by atoms with van der Waals surface area (Å²) in [4.78, 5) is 0. The van der Waals surface area contributed by atoms with Gasteiger partial charge in [-0.05, 0) is 24.3 Å². The molecular weight excluding hydrogens is 307 g/mol. The molecule has 0 amide bonds. The molecule has 0 radical (unpaired) electrons. The van der Waals surface area contributed by atoms with Crippen LogP contribution in [0.1, 0.15) is 0 Å². The van der Waals surface area contributed by atoms with Crippen LogP contribution in [0.4, 0.5) is 0 Å². The summed E-state index contributed by atoms with van der Waals surface area (Å²) in [5, 5.41) is 4.44. The minimum Gasteiger partial charge on any atom is -0.219 e. The number of rotatable bonds is 2. The van der Waals surface area contributed by atoms with Crippen molar-refractivity contribution in [2.45, 2.75) is 5.03 Å². The summed E-state index contributed by atoms with van der Waals surface area (Å²) < 4.78 is 23.7. The van der Waals surface area contributed by atoms with Crippen molar-refractivity contribution < 1.29 is 8.42 Å². The molecule has 0 fully saturated rings. The monoisotopic (exact) mass is 310 g/mol. The summed E-state index contributed by atoms with van der Waals surface area (Å²) in [5.41, 5.74) is 0.350. The third-order valence-electron chi connectivity index (χ3n) is 1.99. The fourth-order valence-electron chi connectivity index (χ4n) is 1.30. The van der Waals surface area contributed by atoms with E-state index >= 15 is 0 Å². The molecule has 0 aliphatic rings. The zero-order chi connectivity index (χ0) is 12.6. The second-order valence-corrected chi connectivity index (χ2v) is 6.47. The third kappa shape index (κ3) is 2.57. The topological polar surface area (TPSA) is 52.0 Å². The van der Waals surface area contributed by atoms with E-state index in [1.165, 1.54) is 18.3 Å². The van der Waals surface area contributed by atoms with Gasteiger partial charge in [-0.15, -0.1) is 0 Å². The quantitative estimate of drug-likeness (QED) is 0.801. The Morgan fingerprint density at radius 2 is 1.88 bits per heavy atom. The maximum Gasteiger partial charge on any atom is 0.278 e. The summed E-state index contributed by atoms with van der Waals surface area (Å²) in [6.07, 6.45) is 1.31. The van der Waals surface area contributed by atoms with Crippen LogP contribution in [0.2, 0.25) is 10.0 Å². The Labute approximate surface area is 112 Å². The summed E-state index contributed by atoms with van der Waals surface area (Å²) in [5.74, 6) is 0. The third-order valence-corrected chi connectivity index (χ3v) is 3.83. The molecule has 0 aliphatic heterocycles. The summed E-state index contributed by atoms with van der Waals surface area (Å²) in [6, 6.07) is 5.92. The van der Waals surface area contributed by atoms with E-state index in [0.29, 0.717) is 15.7 Å². The van der Waals surface area contributed by atoms with Crippen molar-refractivity contribution >= 4 is 42.9 Å². The molecule has 17 heavy (non-hydrogen) atoms. The standard InChI is InChI=1S/C9H5Cl3N2O2S/c10-6-1-2-7(11)8(5-6)14-9(3-4-13-14)17(12,15)16/h1-5H. The summed E-state index contributed by atoms with van der Waals surface area (Å²) in [6.45, 7) is 0. The van der Waals surface area contributed by atoms with E-state index in [0.717, 1.165) is 4.68 Å². The lowest BCUT2D eigenvalue weighted by Gasteiger charge is -2.07. The van der Waals surface area contributed by atoms with Crippen molar-refractivity contribution in [3.63, 3.8) is 0 Å². The Morgan fingerprint density at radius 1 is 1.18 bits per heavy atom.